The van der Waals surface area contributed by atoms with Crippen LogP contribution >= 0.6 is 11.6 Å². The minimum absolute atomic E-state index is 0.338. The number of halogens is 1. The molecule has 0 spiro atoms. The van der Waals surface area contributed by atoms with E-state index in [1.54, 1.807) is 24.3 Å². The Balaban J connectivity index is 2.01. The molecule has 0 bridgehead atoms. The first-order chi connectivity index (χ1) is 8.65. The number of carbonyl (C=O) groups excluding carboxylic acids is 1. The number of nitrogen functional groups attached to an aromatic ring is 1. The number of nitrogens with two attached hydrogens (primary N) is 1. The van der Waals surface area contributed by atoms with Crippen LogP contribution < -0.4 is 15.8 Å². The fourth-order valence-corrected chi connectivity index (χ4v) is 1.47. The van der Waals surface area contributed by atoms with Crippen LogP contribution in [0.4, 0.5) is 16.2 Å². The Labute approximate surface area is 109 Å². The number of rotatable bonds is 2. The summed E-state index contributed by atoms with van der Waals surface area (Å²) in [6, 6.07) is 13.6. The van der Waals surface area contributed by atoms with Crippen LogP contribution in [0.2, 0.25) is 5.02 Å². The lowest BCUT2D eigenvalue weighted by molar-refractivity contribution is 0.215. The highest BCUT2D eigenvalue weighted by molar-refractivity contribution is 6.33. The molecule has 5 heteroatoms. The summed E-state index contributed by atoms with van der Waals surface area (Å²) in [7, 11) is 0. The molecule has 2 rings (SSSR count). The Hall–Kier alpha value is -2.20. The zero-order chi connectivity index (χ0) is 13.0. The van der Waals surface area contributed by atoms with E-state index in [1.807, 2.05) is 18.2 Å². The van der Waals surface area contributed by atoms with Crippen molar-refractivity contribution in [3.8, 4) is 5.75 Å². The molecule has 0 atom stereocenters. The number of para-hydroxylation sites is 1. The van der Waals surface area contributed by atoms with E-state index in [9.17, 15) is 4.79 Å². The Bertz CT molecular complexity index is 558. The van der Waals surface area contributed by atoms with Gasteiger partial charge in [-0.25, -0.2) is 4.79 Å². The second-order valence-electron chi connectivity index (χ2n) is 3.56. The minimum Gasteiger partial charge on any atom is -0.410 e. The smallest absolute Gasteiger partial charge is 0.410 e. The summed E-state index contributed by atoms with van der Waals surface area (Å²) in [5.41, 5.74) is 6.62. The van der Waals surface area contributed by atoms with Crippen LogP contribution in [0.1, 0.15) is 0 Å². The summed E-state index contributed by atoms with van der Waals surface area (Å²) in [5.74, 6) is 0.338. The fourth-order valence-electron chi connectivity index (χ4n) is 1.36. The van der Waals surface area contributed by atoms with Crippen molar-refractivity contribution in [2.75, 3.05) is 11.1 Å². The van der Waals surface area contributed by atoms with E-state index >= 15 is 0 Å². The monoisotopic (exact) mass is 262 g/mol. The molecule has 1 amide bonds. The molecule has 92 valence electrons. The molecule has 0 aliphatic rings. The minimum atomic E-state index is -0.581. The van der Waals surface area contributed by atoms with Crippen molar-refractivity contribution < 1.29 is 9.53 Å². The molecule has 0 unspecified atom stereocenters. The summed E-state index contributed by atoms with van der Waals surface area (Å²) in [6.45, 7) is 0. The first kappa shape index (κ1) is 12.3. The number of hydrogen-bond donors (Lipinski definition) is 2. The van der Waals surface area contributed by atoms with Crippen LogP contribution in [0.25, 0.3) is 0 Å². The number of ether oxygens (including phenoxy) is 1. The summed E-state index contributed by atoms with van der Waals surface area (Å²) >= 11 is 5.77. The van der Waals surface area contributed by atoms with E-state index in [2.05, 4.69) is 5.32 Å². The molecule has 2 aromatic carbocycles. The predicted octanol–water partition coefficient (Wildman–Crippen LogP) is 3.53. The Morgan fingerprint density at radius 2 is 1.89 bits per heavy atom. The van der Waals surface area contributed by atoms with E-state index in [4.69, 9.17) is 22.1 Å². The van der Waals surface area contributed by atoms with Crippen LogP contribution in [0.15, 0.2) is 48.5 Å². The number of carbonyl (C=O) groups is 1. The highest BCUT2D eigenvalue weighted by atomic mass is 35.5. The second kappa shape index (κ2) is 5.42. The second-order valence-corrected chi connectivity index (χ2v) is 3.97. The van der Waals surface area contributed by atoms with Gasteiger partial charge in [0, 0.05) is 11.8 Å². The van der Waals surface area contributed by atoms with Crippen molar-refractivity contribution in [3.63, 3.8) is 0 Å². The van der Waals surface area contributed by atoms with Gasteiger partial charge in [0.25, 0.3) is 0 Å². The SMILES string of the molecule is Nc1cc(OC(=O)Nc2ccccc2)ccc1Cl. The third-order valence-electron chi connectivity index (χ3n) is 2.20. The molecule has 18 heavy (non-hydrogen) atoms. The van der Waals surface area contributed by atoms with Crippen molar-refractivity contribution in [2.45, 2.75) is 0 Å². The maximum Gasteiger partial charge on any atom is 0.417 e. The molecule has 0 saturated carbocycles. The fraction of sp³-hybridized carbons (Fsp3) is 0. The van der Waals surface area contributed by atoms with Crippen molar-refractivity contribution >= 4 is 29.1 Å². The van der Waals surface area contributed by atoms with Gasteiger partial charge in [-0.05, 0) is 24.3 Å². The van der Waals surface area contributed by atoms with E-state index in [1.165, 1.54) is 6.07 Å². The maximum atomic E-state index is 11.6. The number of nitrogens with one attached hydrogen (secondary N) is 1. The van der Waals surface area contributed by atoms with Crippen LogP contribution in [0.5, 0.6) is 5.75 Å². The molecule has 2 aromatic rings. The summed E-state index contributed by atoms with van der Waals surface area (Å²) in [5, 5.41) is 3.01. The average molecular weight is 263 g/mol. The number of amides is 1. The van der Waals surface area contributed by atoms with Gasteiger partial charge in [-0.15, -0.1) is 0 Å². The maximum absolute atomic E-state index is 11.6. The van der Waals surface area contributed by atoms with Crippen LogP contribution in [0, 0.1) is 0 Å². The molecule has 0 radical (unpaired) electrons. The molecular formula is C13H11ClN2O2. The summed E-state index contributed by atoms with van der Waals surface area (Å²) in [6.07, 6.45) is -0.581. The summed E-state index contributed by atoms with van der Waals surface area (Å²) in [4.78, 5) is 11.6. The van der Waals surface area contributed by atoms with E-state index in [0.29, 0.717) is 22.1 Å². The molecule has 0 aromatic heterocycles. The first-order valence-electron chi connectivity index (χ1n) is 5.24. The van der Waals surface area contributed by atoms with Gasteiger partial charge in [0.05, 0.1) is 10.7 Å². The lowest BCUT2D eigenvalue weighted by atomic mass is 10.3. The normalized spacial score (nSPS) is 9.83. The Morgan fingerprint density at radius 3 is 2.56 bits per heavy atom. The lowest BCUT2D eigenvalue weighted by Crippen LogP contribution is -2.16. The predicted molar refractivity (Wildman–Crippen MR) is 72.0 cm³/mol. The molecule has 3 N–H and O–H groups in total. The van der Waals surface area contributed by atoms with Gasteiger partial charge in [-0.1, -0.05) is 29.8 Å². The summed E-state index contributed by atoms with van der Waals surface area (Å²) < 4.78 is 5.07. The van der Waals surface area contributed by atoms with Crippen molar-refractivity contribution in [1.29, 1.82) is 0 Å². The van der Waals surface area contributed by atoms with Gasteiger partial charge in [-0.2, -0.15) is 0 Å². The van der Waals surface area contributed by atoms with Gasteiger partial charge in [0.2, 0.25) is 0 Å². The topological polar surface area (TPSA) is 64.3 Å². The molecule has 4 nitrogen and oxygen atoms in total. The Morgan fingerprint density at radius 1 is 1.17 bits per heavy atom. The van der Waals surface area contributed by atoms with Gasteiger partial charge < -0.3 is 10.5 Å². The largest absolute Gasteiger partial charge is 0.417 e. The third kappa shape index (κ3) is 3.15. The van der Waals surface area contributed by atoms with Gasteiger partial charge >= 0.3 is 6.09 Å². The first-order valence-corrected chi connectivity index (χ1v) is 5.62. The van der Waals surface area contributed by atoms with Crippen molar-refractivity contribution in [2.24, 2.45) is 0 Å². The molecule has 0 heterocycles. The van der Waals surface area contributed by atoms with Crippen LogP contribution in [0.3, 0.4) is 0 Å². The quantitative estimate of drug-likeness (QED) is 0.814. The molecule has 0 fully saturated rings. The van der Waals surface area contributed by atoms with E-state index in [0.717, 1.165) is 0 Å². The standard InChI is InChI=1S/C13H11ClN2O2/c14-11-7-6-10(8-12(11)15)18-13(17)16-9-4-2-1-3-5-9/h1-8H,15H2,(H,16,17). The lowest BCUT2D eigenvalue weighted by Gasteiger charge is -2.07. The third-order valence-corrected chi connectivity index (χ3v) is 2.54. The molecule has 0 aliphatic heterocycles. The number of hydrogen-bond acceptors (Lipinski definition) is 3. The Kier molecular flexibility index (Phi) is 3.69. The van der Waals surface area contributed by atoms with Crippen LogP contribution in [-0.4, -0.2) is 6.09 Å². The highest BCUT2D eigenvalue weighted by Gasteiger charge is 2.06. The van der Waals surface area contributed by atoms with Crippen molar-refractivity contribution in [1.82, 2.24) is 0 Å². The number of anilines is 2. The zero-order valence-electron chi connectivity index (χ0n) is 9.39. The zero-order valence-corrected chi connectivity index (χ0v) is 10.1. The molecule has 0 saturated heterocycles. The van der Waals surface area contributed by atoms with Crippen LogP contribution in [-0.2, 0) is 0 Å². The highest BCUT2D eigenvalue weighted by Crippen LogP contribution is 2.24. The van der Waals surface area contributed by atoms with E-state index < -0.39 is 6.09 Å². The molecule has 0 aliphatic carbocycles. The van der Waals surface area contributed by atoms with Gasteiger partial charge in [0.15, 0.2) is 0 Å². The number of benzene rings is 2. The van der Waals surface area contributed by atoms with Gasteiger partial charge in [-0.3, -0.25) is 5.32 Å². The van der Waals surface area contributed by atoms with E-state index in [-0.39, 0.29) is 0 Å². The molecular weight excluding hydrogens is 252 g/mol. The average Bonchev–Trinajstić information content (AvgIpc) is 2.35. The van der Waals surface area contributed by atoms with Gasteiger partial charge in [0.1, 0.15) is 5.75 Å². The van der Waals surface area contributed by atoms with Crippen molar-refractivity contribution in [3.05, 3.63) is 53.6 Å².